The van der Waals surface area contributed by atoms with Crippen LogP contribution in [0.5, 0.6) is 5.75 Å². The smallest absolute Gasteiger partial charge is 0.411 e. The van der Waals surface area contributed by atoms with Gasteiger partial charge in [-0.1, -0.05) is 60.2 Å². The fraction of sp³-hybridized carbons (Fsp3) is 0.345. The zero-order chi connectivity index (χ0) is 26.5. The third-order valence-electron chi connectivity index (χ3n) is 6.10. The molecule has 3 aromatic carbocycles. The summed E-state index contributed by atoms with van der Waals surface area (Å²) in [7, 11) is -2.54. The summed E-state index contributed by atoms with van der Waals surface area (Å²) in [6, 6.07) is 22.7. The molecule has 0 spiro atoms. The summed E-state index contributed by atoms with van der Waals surface area (Å²) in [5.41, 5.74) is 0.847. The minimum atomic E-state index is -4.11. The average molecular weight is 510 g/mol. The first-order chi connectivity index (χ1) is 17.1. The van der Waals surface area contributed by atoms with Gasteiger partial charge in [0.15, 0.2) is 0 Å². The number of hydrogen-bond donors (Lipinski definition) is 0. The maximum absolute atomic E-state index is 14.1. The first-order valence-electron chi connectivity index (χ1n) is 12.0. The van der Waals surface area contributed by atoms with Gasteiger partial charge in [0.1, 0.15) is 5.75 Å². The van der Waals surface area contributed by atoms with Crippen LogP contribution in [-0.4, -0.2) is 44.0 Å². The van der Waals surface area contributed by atoms with Gasteiger partial charge < -0.3 is 14.4 Å². The minimum Gasteiger partial charge on any atom is -0.497 e. The third-order valence-corrected chi connectivity index (χ3v) is 8.01. The monoisotopic (exact) mass is 509 g/mol. The lowest BCUT2D eigenvalue weighted by Gasteiger charge is -2.34. The van der Waals surface area contributed by atoms with Crippen LogP contribution in [0, 0.1) is 6.92 Å². The van der Waals surface area contributed by atoms with E-state index in [1.165, 1.54) is 0 Å². The number of carbonyl (C=O) groups excluding carboxylic acids is 1. The minimum absolute atomic E-state index is 0.0981. The molecule has 0 heterocycles. The van der Waals surface area contributed by atoms with Gasteiger partial charge in [-0.25, -0.2) is 13.2 Å². The van der Waals surface area contributed by atoms with Gasteiger partial charge in [0.2, 0.25) is 15.3 Å². The number of aryl methyl sites for hydroxylation is 1. The Kier molecular flexibility index (Phi) is 8.79. The largest absolute Gasteiger partial charge is 0.497 e. The van der Waals surface area contributed by atoms with E-state index in [-0.39, 0.29) is 17.0 Å². The molecule has 0 aromatic heterocycles. The van der Waals surface area contributed by atoms with Crippen molar-refractivity contribution in [1.82, 2.24) is 4.90 Å². The van der Waals surface area contributed by atoms with Crippen LogP contribution in [0.3, 0.4) is 0 Å². The highest BCUT2D eigenvalue weighted by molar-refractivity contribution is 7.92. The standard InChI is InChI=1S/C29H35NO5S/c1-20(2)30(21(3)4)29(31)35-28(36(32,33)26-18-12-22(5)13-19-26)27(23-10-8-7-9-11-23)24-14-16-25(34-6)17-15-24/h7-21,27-28H,1-6H3. The summed E-state index contributed by atoms with van der Waals surface area (Å²) in [4.78, 5) is 15.1. The van der Waals surface area contributed by atoms with E-state index >= 15 is 0 Å². The number of rotatable bonds is 9. The molecular weight excluding hydrogens is 474 g/mol. The zero-order valence-corrected chi connectivity index (χ0v) is 22.5. The van der Waals surface area contributed by atoms with Crippen molar-refractivity contribution < 1.29 is 22.7 Å². The maximum atomic E-state index is 14.1. The molecule has 0 N–H and O–H groups in total. The van der Waals surface area contributed by atoms with E-state index in [0.29, 0.717) is 11.3 Å². The molecule has 2 unspecified atom stereocenters. The van der Waals surface area contributed by atoms with Crippen LogP contribution < -0.4 is 4.74 Å². The fourth-order valence-corrected chi connectivity index (χ4v) is 5.99. The van der Waals surface area contributed by atoms with Gasteiger partial charge in [-0.2, -0.15) is 0 Å². The number of carbonyl (C=O) groups is 1. The number of benzene rings is 3. The van der Waals surface area contributed by atoms with Crippen LogP contribution in [0.15, 0.2) is 83.8 Å². The Morgan fingerprint density at radius 1 is 0.778 bits per heavy atom. The zero-order valence-electron chi connectivity index (χ0n) is 21.7. The molecule has 0 saturated carbocycles. The highest BCUT2D eigenvalue weighted by Gasteiger charge is 2.41. The molecule has 3 aromatic rings. The molecule has 0 aliphatic rings. The normalized spacial score (nSPS) is 13.3. The van der Waals surface area contributed by atoms with Crippen molar-refractivity contribution in [3.63, 3.8) is 0 Å². The Balaban J connectivity index is 2.22. The van der Waals surface area contributed by atoms with Gasteiger partial charge >= 0.3 is 6.09 Å². The molecule has 0 radical (unpaired) electrons. The van der Waals surface area contributed by atoms with E-state index < -0.39 is 27.3 Å². The Labute approximate surface area is 214 Å². The molecule has 0 fully saturated rings. The van der Waals surface area contributed by atoms with E-state index in [2.05, 4.69) is 0 Å². The van der Waals surface area contributed by atoms with Crippen LogP contribution in [-0.2, 0) is 14.6 Å². The fourth-order valence-electron chi connectivity index (χ4n) is 4.33. The second-order valence-corrected chi connectivity index (χ2v) is 11.4. The Morgan fingerprint density at radius 3 is 1.81 bits per heavy atom. The molecule has 7 heteroatoms. The van der Waals surface area contributed by atoms with Crippen LogP contribution >= 0.6 is 0 Å². The van der Waals surface area contributed by atoms with Gasteiger partial charge in [0.05, 0.1) is 17.9 Å². The van der Waals surface area contributed by atoms with E-state index in [9.17, 15) is 13.2 Å². The van der Waals surface area contributed by atoms with Gasteiger partial charge in [-0.3, -0.25) is 0 Å². The van der Waals surface area contributed by atoms with Crippen molar-refractivity contribution >= 4 is 15.9 Å². The first kappa shape index (κ1) is 27.3. The van der Waals surface area contributed by atoms with Crippen LogP contribution in [0.2, 0.25) is 0 Å². The van der Waals surface area contributed by atoms with Gasteiger partial charge in [-0.15, -0.1) is 0 Å². The highest BCUT2D eigenvalue weighted by atomic mass is 32.2. The first-order valence-corrected chi connectivity index (χ1v) is 13.6. The van der Waals surface area contributed by atoms with Crippen LogP contribution in [0.1, 0.15) is 50.3 Å². The van der Waals surface area contributed by atoms with Crippen molar-refractivity contribution in [3.05, 3.63) is 95.6 Å². The lowest BCUT2D eigenvalue weighted by molar-refractivity contribution is 0.0644. The summed E-state index contributed by atoms with van der Waals surface area (Å²) in [5.74, 6) is -0.125. The Bertz CT molecular complexity index is 1230. The second kappa shape index (κ2) is 11.6. The van der Waals surface area contributed by atoms with Crippen LogP contribution in [0.4, 0.5) is 4.79 Å². The predicted molar refractivity (Wildman–Crippen MR) is 142 cm³/mol. The average Bonchev–Trinajstić information content (AvgIpc) is 2.84. The Hall–Kier alpha value is -3.32. The van der Waals surface area contributed by atoms with Gasteiger partial charge in [0.25, 0.3) is 0 Å². The summed E-state index contributed by atoms with van der Waals surface area (Å²) >= 11 is 0. The van der Waals surface area contributed by atoms with Gasteiger partial charge in [0, 0.05) is 12.1 Å². The van der Waals surface area contributed by atoms with Crippen molar-refractivity contribution in [2.75, 3.05) is 7.11 Å². The van der Waals surface area contributed by atoms with E-state index in [0.717, 1.165) is 11.1 Å². The summed E-state index contributed by atoms with van der Waals surface area (Å²) in [6.45, 7) is 9.40. The topological polar surface area (TPSA) is 72.9 Å². The number of ether oxygens (including phenoxy) is 2. The number of sulfone groups is 1. The molecule has 36 heavy (non-hydrogen) atoms. The summed E-state index contributed by atoms with van der Waals surface area (Å²) in [6.07, 6.45) is -0.671. The van der Waals surface area contributed by atoms with Crippen molar-refractivity contribution in [2.45, 2.75) is 63.0 Å². The molecule has 2 atom stereocenters. The molecule has 0 bridgehead atoms. The molecule has 0 saturated heterocycles. The highest BCUT2D eigenvalue weighted by Crippen LogP contribution is 2.37. The number of amides is 1. The third kappa shape index (κ3) is 6.08. The van der Waals surface area contributed by atoms with E-state index in [1.807, 2.05) is 77.1 Å². The van der Waals surface area contributed by atoms with Crippen molar-refractivity contribution in [2.24, 2.45) is 0 Å². The molecule has 3 rings (SSSR count). The van der Waals surface area contributed by atoms with Gasteiger partial charge in [-0.05, 0) is 70.0 Å². The van der Waals surface area contributed by atoms with E-state index in [1.54, 1.807) is 48.4 Å². The lowest BCUT2D eigenvalue weighted by atomic mass is 9.91. The summed E-state index contributed by atoms with van der Waals surface area (Å²) in [5, 5.41) is 0. The molecule has 0 aliphatic carbocycles. The van der Waals surface area contributed by atoms with E-state index in [4.69, 9.17) is 9.47 Å². The second-order valence-electron chi connectivity index (χ2n) is 9.37. The SMILES string of the molecule is COc1ccc(C(c2ccccc2)C(OC(=O)N(C(C)C)C(C)C)S(=O)(=O)c2ccc(C)cc2)cc1. The lowest BCUT2D eigenvalue weighted by Crippen LogP contribution is -2.46. The molecule has 0 aliphatic heterocycles. The number of methoxy groups -OCH3 is 1. The maximum Gasteiger partial charge on any atom is 0.411 e. The molecule has 6 nitrogen and oxygen atoms in total. The summed E-state index contributed by atoms with van der Waals surface area (Å²) < 4.78 is 39.5. The predicted octanol–water partition coefficient (Wildman–Crippen LogP) is 6.19. The quantitative estimate of drug-likeness (QED) is 0.344. The van der Waals surface area contributed by atoms with Crippen LogP contribution in [0.25, 0.3) is 0 Å². The molecular formula is C29H35NO5S. The Morgan fingerprint density at radius 2 is 1.31 bits per heavy atom. The molecule has 192 valence electrons. The van der Waals surface area contributed by atoms with Crippen molar-refractivity contribution in [1.29, 1.82) is 0 Å². The number of hydrogen-bond acceptors (Lipinski definition) is 5. The molecule has 1 amide bonds. The number of nitrogens with zero attached hydrogens (tertiary/aromatic N) is 1. The van der Waals surface area contributed by atoms with Crippen molar-refractivity contribution in [3.8, 4) is 5.75 Å².